The molecule has 0 radical (unpaired) electrons. The molecule has 0 aliphatic heterocycles. The second-order valence-corrected chi connectivity index (χ2v) is 11.3. The zero-order valence-electron chi connectivity index (χ0n) is 22.4. The van der Waals surface area contributed by atoms with E-state index in [2.05, 4.69) is 4.74 Å². The van der Waals surface area contributed by atoms with Gasteiger partial charge in [-0.2, -0.15) is 22.0 Å². The molecule has 14 heteroatoms. The van der Waals surface area contributed by atoms with Gasteiger partial charge in [0.2, 0.25) is 0 Å². The van der Waals surface area contributed by atoms with Crippen molar-refractivity contribution in [2.75, 3.05) is 33.1 Å². The number of carbonyl (C=O) groups excluding carboxylic acids is 1. The van der Waals surface area contributed by atoms with Gasteiger partial charge in [0.05, 0.1) is 36.3 Å². The molecule has 0 heterocycles. The third-order valence-corrected chi connectivity index (χ3v) is 7.25. The summed E-state index contributed by atoms with van der Waals surface area (Å²) in [6, 6.07) is 9.58. The molecule has 0 aromatic heterocycles. The zero-order valence-corrected chi connectivity index (χ0v) is 23.2. The van der Waals surface area contributed by atoms with Crippen molar-refractivity contribution in [2.45, 2.75) is 30.0 Å². The molecule has 0 aliphatic carbocycles. The van der Waals surface area contributed by atoms with Crippen LogP contribution < -0.4 is 4.74 Å². The summed E-state index contributed by atoms with van der Waals surface area (Å²) in [5.74, 6) is -6.76. The molecule has 3 rings (SSSR count). The molecular formula is C28H26F7NO5S. The Morgan fingerprint density at radius 1 is 0.952 bits per heavy atom. The van der Waals surface area contributed by atoms with Gasteiger partial charge in [0.1, 0.15) is 17.4 Å². The van der Waals surface area contributed by atoms with Crippen LogP contribution in [0.2, 0.25) is 0 Å². The molecular weight excluding hydrogens is 595 g/mol. The van der Waals surface area contributed by atoms with Crippen molar-refractivity contribution >= 4 is 15.8 Å². The third kappa shape index (κ3) is 8.44. The maximum Gasteiger partial charge on any atom is 0.419 e. The number of hydrogen-bond acceptors (Lipinski definition) is 6. The summed E-state index contributed by atoms with van der Waals surface area (Å²) in [4.78, 5) is 12.6. The van der Waals surface area contributed by atoms with E-state index in [1.807, 2.05) is 0 Å². The lowest BCUT2D eigenvalue weighted by Gasteiger charge is -2.28. The van der Waals surface area contributed by atoms with Crippen LogP contribution in [0.3, 0.4) is 0 Å². The van der Waals surface area contributed by atoms with Gasteiger partial charge in [-0.1, -0.05) is 24.3 Å². The molecule has 0 atom stereocenters. The first kappa shape index (κ1) is 32.9. The Balaban J connectivity index is 1.80. The monoisotopic (exact) mass is 621 g/mol. The smallest absolute Gasteiger partial charge is 0.419 e. The molecule has 0 amide bonds. The fourth-order valence-electron chi connectivity index (χ4n) is 4.10. The zero-order chi connectivity index (χ0) is 31.3. The number of carbonyl (C=O) groups is 1. The Morgan fingerprint density at radius 3 is 2.21 bits per heavy atom. The predicted octanol–water partition coefficient (Wildman–Crippen LogP) is 6.24. The average molecular weight is 622 g/mol. The van der Waals surface area contributed by atoms with E-state index in [-0.39, 0.29) is 35.8 Å². The van der Waals surface area contributed by atoms with Gasteiger partial charge in [-0.25, -0.2) is 22.0 Å². The number of sulfone groups is 1. The molecule has 228 valence electrons. The molecule has 0 saturated heterocycles. The lowest BCUT2D eigenvalue weighted by Crippen LogP contribution is -2.36. The number of methoxy groups -OCH3 is 1. The van der Waals surface area contributed by atoms with Crippen molar-refractivity contribution in [1.82, 2.24) is 4.90 Å². The van der Waals surface area contributed by atoms with Gasteiger partial charge in [-0.05, 0) is 42.8 Å². The van der Waals surface area contributed by atoms with Crippen LogP contribution in [0.1, 0.15) is 33.5 Å². The number of hydrogen-bond donors (Lipinski definition) is 0. The summed E-state index contributed by atoms with van der Waals surface area (Å²) >= 11 is 0. The van der Waals surface area contributed by atoms with Crippen LogP contribution in [0.15, 0.2) is 65.6 Å². The molecule has 0 bridgehead atoms. The summed E-state index contributed by atoms with van der Waals surface area (Å²) in [6.45, 7) is -2.02. The minimum atomic E-state index is -4.99. The quantitative estimate of drug-likeness (QED) is 0.136. The van der Waals surface area contributed by atoms with Gasteiger partial charge >= 0.3 is 12.1 Å². The predicted molar refractivity (Wildman–Crippen MR) is 138 cm³/mol. The highest BCUT2D eigenvalue weighted by molar-refractivity contribution is 7.90. The van der Waals surface area contributed by atoms with Crippen LogP contribution in [0.4, 0.5) is 30.7 Å². The van der Waals surface area contributed by atoms with E-state index < -0.39 is 69.3 Å². The lowest BCUT2D eigenvalue weighted by atomic mass is 10.1. The Morgan fingerprint density at radius 2 is 1.62 bits per heavy atom. The van der Waals surface area contributed by atoms with Gasteiger partial charge < -0.3 is 9.47 Å². The first-order chi connectivity index (χ1) is 19.5. The average Bonchev–Trinajstić information content (AvgIpc) is 2.90. The van der Waals surface area contributed by atoms with E-state index in [1.54, 1.807) is 0 Å². The van der Waals surface area contributed by atoms with Gasteiger partial charge in [0, 0.05) is 30.5 Å². The summed E-state index contributed by atoms with van der Waals surface area (Å²) < 4.78 is 132. The molecule has 42 heavy (non-hydrogen) atoms. The third-order valence-electron chi connectivity index (χ3n) is 6.11. The second kappa shape index (κ2) is 13.1. The molecule has 6 nitrogen and oxygen atoms in total. The number of esters is 1. The van der Waals surface area contributed by atoms with Gasteiger partial charge in [0.25, 0.3) is 5.92 Å². The minimum absolute atomic E-state index is 0.00698. The molecule has 0 spiro atoms. The van der Waals surface area contributed by atoms with Crippen molar-refractivity contribution in [2.24, 2.45) is 0 Å². The molecule has 0 aliphatic rings. The number of rotatable bonds is 12. The van der Waals surface area contributed by atoms with E-state index in [1.165, 1.54) is 12.1 Å². The van der Waals surface area contributed by atoms with Crippen molar-refractivity contribution < 1.29 is 53.4 Å². The van der Waals surface area contributed by atoms with Crippen molar-refractivity contribution in [1.29, 1.82) is 0 Å². The summed E-state index contributed by atoms with van der Waals surface area (Å²) in [5.41, 5.74) is -2.76. The van der Waals surface area contributed by atoms with Crippen LogP contribution in [0.25, 0.3) is 0 Å². The van der Waals surface area contributed by atoms with Crippen LogP contribution in [-0.4, -0.2) is 52.3 Å². The van der Waals surface area contributed by atoms with E-state index in [4.69, 9.17) is 4.74 Å². The Hall–Kier alpha value is -3.65. The number of ether oxygens (including phenoxy) is 2. The highest BCUT2D eigenvalue weighted by Crippen LogP contribution is 2.34. The molecule has 3 aromatic carbocycles. The van der Waals surface area contributed by atoms with Crippen molar-refractivity contribution in [3.63, 3.8) is 0 Å². The van der Waals surface area contributed by atoms with Gasteiger partial charge in [-0.3, -0.25) is 4.90 Å². The van der Waals surface area contributed by atoms with Gasteiger partial charge in [0.15, 0.2) is 9.84 Å². The first-order valence-electron chi connectivity index (χ1n) is 12.3. The maximum atomic E-state index is 15.1. The van der Waals surface area contributed by atoms with Crippen molar-refractivity contribution in [3.05, 3.63) is 94.6 Å². The Kier molecular flexibility index (Phi) is 10.3. The minimum Gasteiger partial charge on any atom is -0.494 e. The van der Waals surface area contributed by atoms with E-state index in [9.17, 15) is 35.2 Å². The Labute approximate surface area is 237 Å². The Bertz CT molecular complexity index is 1510. The fourth-order valence-corrected chi connectivity index (χ4v) is 4.98. The topological polar surface area (TPSA) is 72.9 Å². The second-order valence-electron chi connectivity index (χ2n) is 9.32. The number of nitrogens with zero attached hydrogens (tertiary/aromatic N) is 1. The van der Waals surface area contributed by atoms with E-state index in [0.29, 0.717) is 6.07 Å². The fraction of sp³-hybridized carbons (Fsp3) is 0.321. The van der Waals surface area contributed by atoms with Crippen LogP contribution in [0, 0.1) is 11.6 Å². The largest absolute Gasteiger partial charge is 0.494 e. The molecule has 3 aromatic rings. The number of halogens is 7. The number of alkyl halides is 5. The highest BCUT2D eigenvalue weighted by atomic mass is 32.2. The molecule has 0 saturated carbocycles. The van der Waals surface area contributed by atoms with Crippen LogP contribution >= 0.6 is 0 Å². The normalized spacial score (nSPS) is 12.4. The van der Waals surface area contributed by atoms with Gasteiger partial charge in [-0.15, -0.1) is 0 Å². The van der Waals surface area contributed by atoms with Crippen LogP contribution in [0.5, 0.6) is 5.75 Å². The van der Waals surface area contributed by atoms with Crippen LogP contribution in [-0.2, 0) is 33.2 Å². The van der Waals surface area contributed by atoms with Crippen molar-refractivity contribution in [3.8, 4) is 5.75 Å². The molecule has 0 fully saturated rings. The first-order valence-corrected chi connectivity index (χ1v) is 14.2. The summed E-state index contributed by atoms with van der Waals surface area (Å²) in [6.07, 6.45) is -4.11. The SMILES string of the molecule is COC(=O)c1ccc(OCCCN(Cc2cccc(C(F)(F)F)c2F)CC(F)(F)c2ccc(F)cc2)cc1S(C)(=O)=O. The number of benzene rings is 3. The van der Waals surface area contributed by atoms with E-state index in [0.717, 1.165) is 60.7 Å². The maximum absolute atomic E-state index is 15.1. The summed E-state index contributed by atoms with van der Waals surface area (Å²) in [5, 5.41) is 0. The van der Waals surface area contributed by atoms with E-state index >= 15 is 8.78 Å². The summed E-state index contributed by atoms with van der Waals surface area (Å²) in [7, 11) is -2.79. The molecule has 0 N–H and O–H groups in total. The molecule has 0 unspecified atom stereocenters. The lowest BCUT2D eigenvalue weighted by molar-refractivity contribution is -0.140. The highest BCUT2D eigenvalue weighted by Gasteiger charge is 2.37. The standard InChI is InChI=1S/C28H26F7NO5S/c1-40-26(37)22-12-11-21(15-24(22)42(2,38)39)41-14-4-13-36(17-27(31,32)19-7-9-20(29)10-8-19)16-18-5-3-6-23(25(18)30)28(33,34)35/h3,5-12,15H,4,13-14,16-17H2,1-2H3.